The van der Waals surface area contributed by atoms with Gasteiger partial charge in [-0.1, -0.05) is 19.9 Å². The number of thiophene rings is 1. The van der Waals surface area contributed by atoms with E-state index in [0.29, 0.717) is 18.0 Å². The number of carbonyl (C=O) groups is 2. The number of hydrogen-bond donors (Lipinski definition) is 3. The zero-order chi connectivity index (χ0) is 19.1. The third kappa shape index (κ3) is 3.45. The molecule has 2 aromatic rings. The van der Waals surface area contributed by atoms with Crippen molar-refractivity contribution in [2.24, 2.45) is 0 Å². The molecule has 0 saturated carbocycles. The molecule has 0 atom stereocenters. The second-order valence-corrected chi connectivity index (χ2v) is 8.43. The molecule has 138 valence electrons. The second kappa shape index (κ2) is 6.74. The van der Waals surface area contributed by atoms with Gasteiger partial charge in [-0.05, 0) is 48.7 Å². The van der Waals surface area contributed by atoms with Crippen LogP contribution in [0.2, 0.25) is 0 Å². The summed E-state index contributed by atoms with van der Waals surface area (Å²) < 4.78 is 0. The maximum atomic E-state index is 12.8. The van der Waals surface area contributed by atoms with Gasteiger partial charge < -0.3 is 10.2 Å². The van der Waals surface area contributed by atoms with Gasteiger partial charge in [0.15, 0.2) is 0 Å². The van der Waals surface area contributed by atoms with Gasteiger partial charge in [-0.3, -0.25) is 10.0 Å². The topological polar surface area (TPSA) is 81.7 Å². The van der Waals surface area contributed by atoms with Gasteiger partial charge in [-0.2, -0.15) is 0 Å². The second-order valence-electron chi connectivity index (χ2n) is 7.38. The van der Waals surface area contributed by atoms with Crippen LogP contribution in [0.3, 0.4) is 0 Å². The van der Waals surface area contributed by atoms with E-state index in [1.54, 1.807) is 16.4 Å². The number of amides is 3. The van der Waals surface area contributed by atoms with E-state index in [0.717, 1.165) is 21.7 Å². The molecule has 0 bridgehead atoms. The van der Waals surface area contributed by atoms with Gasteiger partial charge >= 0.3 is 6.03 Å². The van der Waals surface area contributed by atoms with Crippen LogP contribution < -0.4 is 10.8 Å². The molecule has 0 spiro atoms. The van der Waals surface area contributed by atoms with Gasteiger partial charge in [0.2, 0.25) is 0 Å². The molecule has 26 heavy (non-hydrogen) atoms. The smallest absolute Gasteiger partial charge is 0.319 e. The summed E-state index contributed by atoms with van der Waals surface area (Å²) in [5.74, 6) is -0.522. The highest BCUT2D eigenvalue weighted by Gasteiger charge is 2.36. The molecule has 0 aliphatic carbocycles. The Morgan fingerprint density at radius 2 is 1.92 bits per heavy atom. The van der Waals surface area contributed by atoms with Crippen molar-refractivity contribution < 1.29 is 14.8 Å². The summed E-state index contributed by atoms with van der Waals surface area (Å²) in [7, 11) is 0. The highest BCUT2D eigenvalue weighted by atomic mass is 32.1. The van der Waals surface area contributed by atoms with Crippen LogP contribution in [0.25, 0.3) is 0 Å². The summed E-state index contributed by atoms with van der Waals surface area (Å²) in [5.41, 5.74) is 5.42. The van der Waals surface area contributed by atoms with E-state index in [1.807, 2.05) is 32.0 Å². The van der Waals surface area contributed by atoms with Gasteiger partial charge in [0.05, 0.1) is 4.88 Å². The third-order valence-corrected chi connectivity index (χ3v) is 6.28. The Morgan fingerprint density at radius 3 is 2.58 bits per heavy atom. The Bertz CT molecular complexity index is 873. The lowest BCUT2D eigenvalue weighted by Gasteiger charge is -2.37. The van der Waals surface area contributed by atoms with Crippen molar-refractivity contribution in [2.45, 2.75) is 39.7 Å². The van der Waals surface area contributed by atoms with Crippen LogP contribution in [-0.4, -0.2) is 28.6 Å². The number of carbonyl (C=O) groups excluding carboxylic acids is 2. The standard InChI is InChI=1S/C19H23N3O3S/c1-11-5-6-14(7-12(11)2)20-18(24)22-9-13-8-15(17(23)21-25)26-16(13)19(3,4)10-22/h5-8,25H,9-10H2,1-4H3,(H,20,24)(H,21,23). The lowest BCUT2D eigenvalue weighted by molar-refractivity contribution is 0.0711. The van der Waals surface area contributed by atoms with Crippen LogP contribution in [0.1, 0.15) is 45.1 Å². The number of aryl methyl sites for hydroxylation is 2. The van der Waals surface area contributed by atoms with Crippen LogP contribution in [0, 0.1) is 13.8 Å². The number of hydroxylamine groups is 1. The van der Waals surface area contributed by atoms with E-state index in [2.05, 4.69) is 19.2 Å². The van der Waals surface area contributed by atoms with Gasteiger partial charge in [0.1, 0.15) is 0 Å². The number of rotatable bonds is 2. The number of nitrogens with zero attached hydrogens (tertiary/aromatic N) is 1. The minimum Gasteiger partial charge on any atom is -0.319 e. The van der Waals surface area contributed by atoms with Crippen molar-refractivity contribution >= 4 is 29.0 Å². The van der Waals surface area contributed by atoms with Crippen LogP contribution in [0.5, 0.6) is 0 Å². The van der Waals surface area contributed by atoms with Crippen molar-refractivity contribution in [3.05, 3.63) is 50.7 Å². The monoisotopic (exact) mass is 373 g/mol. The van der Waals surface area contributed by atoms with Crippen molar-refractivity contribution in [3.8, 4) is 0 Å². The fraction of sp³-hybridized carbons (Fsp3) is 0.368. The zero-order valence-corrected chi connectivity index (χ0v) is 16.2. The van der Waals surface area contributed by atoms with E-state index < -0.39 is 5.91 Å². The molecule has 3 rings (SSSR count). The van der Waals surface area contributed by atoms with E-state index in [1.165, 1.54) is 16.9 Å². The lowest BCUT2D eigenvalue weighted by Crippen LogP contribution is -2.46. The van der Waals surface area contributed by atoms with E-state index in [4.69, 9.17) is 5.21 Å². The molecule has 0 fully saturated rings. The van der Waals surface area contributed by atoms with E-state index in [-0.39, 0.29) is 11.4 Å². The summed E-state index contributed by atoms with van der Waals surface area (Å²) in [5, 5.41) is 11.8. The summed E-state index contributed by atoms with van der Waals surface area (Å²) in [4.78, 5) is 27.7. The third-order valence-electron chi connectivity index (χ3n) is 4.74. The lowest BCUT2D eigenvalue weighted by atomic mass is 9.85. The zero-order valence-electron chi connectivity index (χ0n) is 15.3. The Labute approximate surface area is 156 Å². The molecule has 7 heteroatoms. The van der Waals surface area contributed by atoms with Crippen molar-refractivity contribution in [1.29, 1.82) is 0 Å². The van der Waals surface area contributed by atoms with Gasteiger partial charge in [-0.15, -0.1) is 11.3 Å². The van der Waals surface area contributed by atoms with Gasteiger partial charge in [-0.25, -0.2) is 10.3 Å². The Kier molecular flexibility index (Phi) is 4.77. The molecule has 1 aromatic heterocycles. The molecule has 2 heterocycles. The number of anilines is 1. The van der Waals surface area contributed by atoms with Crippen LogP contribution in [-0.2, 0) is 12.0 Å². The first-order valence-electron chi connectivity index (χ1n) is 8.42. The normalized spacial score (nSPS) is 15.3. The SMILES string of the molecule is Cc1ccc(NC(=O)N2Cc3cc(C(=O)NO)sc3C(C)(C)C2)cc1C. The van der Waals surface area contributed by atoms with Crippen molar-refractivity contribution in [2.75, 3.05) is 11.9 Å². The Hall–Kier alpha value is -2.38. The first kappa shape index (κ1) is 18.4. The summed E-state index contributed by atoms with van der Waals surface area (Å²) in [6.07, 6.45) is 0. The van der Waals surface area contributed by atoms with Crippen LogP contribution in [0.4, 0.5) is 10.5 Å². The van der Waals surface area contributed by atoms with E-state index >= 15 is 0 Å². The summed E-state index contributed by atoms with van der Waals surface area (Å²) in [6.45, 7) is 9.14. The Balaban J connectivity index is 1.81. The highest BCUT2D eigenvalue weighted by molar-refractivity contribution is 7.14. The predicted molar refractivity (Wildman–Crippen MR) is 102 cm³/mol. The number of nitrogens with one attached hydrogen (secondary N) is 2. The average Bonchev–Trinajstić information content (AvgIpc) is 3.02. The van der Waals surface area contributed by atoms with Crippen molar-refractivity contribution in [3.63, 3.8) is 0 Å². The molecule has 6 nitrogen and oxygen atoms in total. The van der Waals surface area contributed by atoms with E-state index in [9.17, 15) is 9.59 Å². The molecule has 0 unspecified atom stereocenters. The maximum Gasteiger partial charge on any atom is 0.322 e. The van der Waals surface area contributed by atoms with Crippen LogP contribution >= 0.6 is 11.3 Å². The largest absolute Gasteiger partial charge is 0.322 e. The summed E-state index contributed by atoms with van der Waals surface area (Å²) in [6, 6.07) is 7.44. The first-order valence-corrected chi connectivity index (χ1v) is 9.24. The minimum absolute atomic E-state index is 0.161. The molecule has 1 aromatic carbocycles. The number of fused-ring (bicyclic) bond motifs is 1. The fourth-order valence-corrected chi connectivity index (χ4v) is 4.42. The fourth-order valence-electron chi connectivity index (χ4n) is 3.26. The Morgan fingerprint density at radius 1 is 1.19 bits per heavy atom. The quantitative estimate of drug-likeness (QED) is 0.553. The van der Waals surface area contributed by atoms with Crippen molar-refractivity contribution in [1.82, 2.24) is 10.4 Å². The molecule has 0 saturated heterocycles. The molecule has 3 N–H and O–H groups in total. The predicted octanol–water partition coefficient (Wildman–Crippen LogP) is 3.81. The highest BCUT2D eigenvalue weighted by Crippen LogP contribution is 2.39. The molecular formula is C19H23N3O3S. The molecule has 1 aliphatic heterocycles. The summed E-state index contributed by atoms with van der Waals surface area (Å²) >= 11 is 1.37. The number of urea groups is 1. The average molecular weight is 373 g/mol. The van der Waals surface area contributed by atoms with Gasteiger partial charge in [0, 0.05) is 29.1 Å². The minimum atomic E-state index is -0.522. The van der Waals surface area contributed by atoms with Crippen LogP contribution in [0.15, 0.2) is 24.3 Å². The maximum absolute atomic E-state index is 12.8. The number of benzene rings is 1. The number of hydrogen-bond acceptors (Lipinski definition) is 4. The molecule has 3 amide bonds. The molecule has 0 radical (unpaired) electrons. The van der Waals surface area contributed by atoms with Gasteiger partial charge in [0.25, 0.3) is 5.91 Å². The molecule has 1 aliphatic rings. The molecular weight excluding hydrogens is 350 g/mol. The first-order chi connectivity index (χ1) is 12.2.